The van der Waals surface area contributed by atoms with Crippen molar-refractivity contribution in [1.29, 1.82) is 0 Å². The number of fused-ring (bicyclic) bond motifs is 2. The SMILES string of the molecule is CCC(C)c1ccc(-c2ccc(N(c3ccc4c(c3)CC4)c3ccc4c(c3)CC4)cc2)cc1.CCC(C)c1ccc(N(c2ccc(OC)cc2)c2ccc(N(c3ccccc3)c3ccccc3)cc2)cc1. The molecule has 11 rings (SSSR count). The number of para-hydroxylation sites is 2. The summed E-state index contributed by atoms with van der Waals surface area (Å²) < 4.78 is 5.42. The van der Waals surface area contributed by atoms with Crippen LogP contribution < -0.4 is 19.4 Å². The molecule has 0 spiro atoms. The van der Waals surface area contributed by atoms with E-state index in [1.807, 2.05) is 12.1 Å². The molecule has 0 fully saturated rings. The Labute approximate surface area is 422 Å². The number of methoxy groups -OCH3 is 1. The van der Waals surface area contributed by atoms with E-state index in [0.717, 1.165) is 46.3 Å². The summed E-state index contributed by atoms with van der Waals surface area (Å²) >= 11 is 0. The van der Waals surface area contributed by atoms with Gasteiger partial charge in [-0.15, -0.1) is 0 Å². The number of hydrogen-bond acceptors (Lipinski definition) is 4. The molecule has 0 N–H and O–H groups in total. The minimum atomic E-state index is 0.541. The lowest BCUT2D eigenvalue weighted by Gasteiger charge is -2.30. The second-order valence-electron chi connectivity index (χ2n) is 19.2. The van der Waals surface area contributed by atoms with Crippen LogP contribution in [0.1, 0.15) is 85.8 Å². The van der Waals surface area contributed by atoms with E-state index in [4.69, 9.17) is 4.74 Å². The second kappa shape index (κ2) is 21.4. The molecule has 2 aliphatic rings. The number of anilines is 9. The van der Waals surface area contributed by atoms with E-state index >= 15 is 0 Å². The summed E-state index contributed by atoms with van der Waals surface area (Å²) in [7, 11) is 1.70. The van der Waals surface area contributed by atoms with E-state index < -0.39 is 0 Å². The lowest BCUT2D eigenvalue weighted by atomic mass is 9.87. The monoisotopic (exact) mass is 928 g/mol. The third kappa shape index (κ3) is 10.3. The molecule has 9 aromatic carbocycles. The first-order valence-electron chi connectivity index (χ1n) is 25.7. The van der Waals surface area contributed by atoms with Crippen molar-refractivity contribution in [3.63, 3.8) is 0 Å². The molecule has 0 radical (unpaired) electrons. The van der Waals surface area contributed by atoms with Gasteiger partial charge in [-0.1, -0.05) is 125 Å². The topological polar surface area (TPSA) is 19.0 Å². The lowest BCUT2D eigenvalue weighted by Crippen LogP contribution is -2.15. The van der Waals surface area contributed by atoms with Gasteiger partial charge in [-0.2, -0.15) is 0 Å². The van der Waals surface area contributed by atoms with Crippen molar-refractivity contribution >= 4 is 51.2 Å². The molecule has 2 atom stereocenters. The number of rotatable bonds is 15. The fourth-order valence-corrected chi connectivity index (χ4v) is 9.85. The predicted octanol–water partition coefficient (Wildman–Crippen LogP) is 18.7. The molecular weight excluding hydrogens is 863 g/mol. The smallest absolute Gasteiger partial charge is 0.119 e. The highest BCUT2D eigenvalue weighted by molar-refractivity contribution is 5.82. The van der Waals surface area contributed by atoms with Crippen molar-refractivity contribution in [2.45, 2.75) is 78.1 Å². The first kappa shape index (κ1) is 46.9. The van der Waals surface area contributed by atoms with Gasteiger partial charge in [0.25, 0.3) is 0 Å². The Hall–Kier alpha value is -7.82. The van der Waals surface area contributed by atoms with Gasteiger partial charge in [-0.05, 0) is 216 Å². The maximum absolute atomic E-state index is 5.42. The van der Waals surface area contributed by atoms with Gasteiger partial charge in [0, 0.05) is 51.2 Å². The zero-order valence-electron chi connectivity index (χ0n) is 41.9. The maximum atomic E-state index is 5.42. The van der Waals surface area contributed by atoms with Crippen molar-refractivity contribution in [3.8, 4) is 16.9 Å². The Kier molecular flexibility index (Phi) is 14.2. The fraction of sp³-hybridized carbons (Fsp3) is 0.194. The lowest BCUT2D eigenvalue weighted by molar-refractivity contribution is 0.415. The fourth-order valence-electron chi connectivity index (χ4n) is 9.85. The zero-order chi connectivity index (χ0) is 48.7. The van der Waals surface area contributed by atoms with E-state index in [2.05, 4.69) is 249 Å². The van der Waals surface area contributed by atoms with Gasteiger partial charge in [0.1, 0.15) is 5.75 Å². The summed E-state index contributed by atoms with van der Waals surface area (Å²) in [5.41, 5.74) is 21.7. The highest BCUT2D eigenvalue weighted by Gasteiger charge is 2.22. The molecular formula is C67H65N3O. The van der Waals surface area contributed by atoms with E-state index in [-0.39, 0.29) is 0 Å². The van der Waals surface area contributed by atoms with E-state index in [1.54, 1.807) is 7.11 Å². The standard InChI is InChI=1S/C35H34N2O.C32H31N/c1-4-27(2)28-15-17-31(18-16-28)37(34-23-25-35(38-3)26-24-34)33-21-19-32(20-22-33)36(29-11-7-5-8-12-29)30-13-9-6-10-14-30;1-3-22(2)23-4-6-24(7-5-23)25-12-16-30(17-13-25)33(31-18-14-26-8-10-28(26)20-31)32-19-15-27-9-11-29(27)21-32/h5-27H,4H2,1-3H3;4-7,12-22H,3,8-11H2,1-2H3. The summed E-state index contributed by atoms with van der Waals surface area (Å²) in [6, 6.07) is 79.1. The Balaban J connectivity index is 0.000000165. The van der Waals surface area contributed by atoms with Crippen LogP contribution in [0.15, 0.2) is 218 Å². The Morgan fingerprint density at radius 1 is 0.338 bits per heavy atom. The van der Waals surface area contributed by atoms with Crippen LogP contribution >= 0.6 is 0 Å². The molecule has 0 bridgehead atoms. The molecule has 71 heavy (non-hydrogen) atoms. The number of ether oxygens (including phenoxy) is 1. The average molecular weight is 928 g/mol. The molecule has 0 aromatic heterocycles. The van der Waals surface area contributed by atoms with Crippen molar-refractivity contribution in [3.05, 3.63) is 252 Å². The highest BCUT2D eigenvalue weighted by Crippen LogP contribution is 2.42. The van der Waals surface area contributed by atoms with Crippen LogP contribution in [0.2, 0.25) is 0 Å². The van der Waals surface area contributed by atoms with Gasteiger partial charge >= 0.3 is 0 Å². The van der Waals surface area contributed by atoms with Crippen LogP contribution in [0.5, 0.6) is 5.75 Å². The first-order chi connectivity index (χ1) is 34.9. The minimum Gasteiger partial charge on any atom is -0.497 e. The van der Waals surface area contributed by atoms with Crippen molar-refractivity contribution in [2.24, 2.45) is 0 Å². The van der Waals surface area contributed by atoms with Crippen LogP contribution in [0.4, 0.5) is 51.2 Å². The summed E-state index contributed by atoms with van der Waals surface area (Å²) in [6.07, 6.45) is 7.15. The highest BCUT2D eigenvalue weighted by atomic mass is 16.5. The number of hydrogen-bond donors (Lipinski definition) is 0. The Morgan fingerprint density at radius 2 is 0.634 bits per heavy atom. The van der Waals surface area contributed by atoms with Crippen LogP contribution in [-0.2, 0) is 25.7 Å². The molecule has 0 amide bonds. The third-order valence-electron chi connectivity index (χ3n) is 14.8. The maximum Gasteiger partial charge on any atom is 0.119 e. The van der Waals surface area contributed by atoms with Gasteiger partial charge in [-0.3, -0.25) is 0 Å². The molecule has 0 saturated heterocycles. The van der Waals surface area contributed by atoms with Gasteiger partial charge in [0.05, 0.1) is 7.11 Å². The van der Waals surface area contributed by atoms with Crippen LogP contribution in [0, 0.1) is 0 Å². The molecule has 2 aliphatic carbocycles. The second-order valence-corrected chi connectivity index (χ2v) is 19.2. The largest absolute Gasteiger partial charge is 0.497 e. The van der Waals surface area contributed by atoms with Crippen LogP contribution in [0.25, 0.3) is 11.1 Å². The van der Waals surface area contributed by atoms with Crippen molar-refractivity contribution in [2.75, 3.05) is 21.8 Å². The number of benzene rings is 9. The molecule has 4 heteroatoms. The third-order valence-corrected chi connectivity index (χ3v) is 14.8. The molecule has 0 heterocycles. The van der Waals surface area contributed by atoms with Gasteiger partial charge in [0.15, 0.2) is 0 Å². The predicted molar refractivity (Wildman–Crippen MR) is 301 cm³/mol. The summed E-state index contributed by atoms with van der Waals surface area (Å²) in [5, 5.41) is 0. The van der Waals surface area contributed by atoms with Crippen molar-refractivity contribution < 1.29 is 4.74 Å². The van der Waals surface area contributed by atoms with E-state index in [1.165, 1.54) is 93.7 Å². The van der Waals surface area contributed by atoms with E-state index in [9.17, 15) is 0 Å². The summed E-state index contributed by atoms with van der Waals surface area (Å²) in [4.78, 5) is 6.99. The van der Waals surface area contributed by atoms with Gasteiger partial charge < -0.3 is 19.4 Å². The van der Waals surface area contributed by atoms with E-state index in [0.29, 0.717) is 11.8 Å². The quantitative estimate of drug-likeness (QED) is 0.102. The molecule has 0 saturated carbocycles. The van der Waals surface area contributed by atoms with Gasteiger partial charge in [-0.25, -0.2) is 0 Å². The van der Waals surface area contributed by atoms with Crippen LogP contribution in [0.3, 0.4) is 0 Å². The number of nitrogens with zero attached hydrogens (tertiary/aromatic N) is 3. The summed E-state index contributed by atoms with van der Waals surface area (Å²) in [6.45, 7) is 9.06. The zero-order valence-corrected chi connectivity index (χ0v) is 41.9. The normalized spacial score (nSPS) is 12.9. The van der Waals surface area contributed by atoms with Crippen molar-refractivity contribution in [1.82, 2.24) is 0 Å². The Bertz CT molecular complexity index is 3050. The van der Waals surface area contributed by atoms with Gasteiger partial charge in [0.2, 0.25) is 0 Å². The molecule has 0 aliphatic heterocycles. The number of aryl methyl sites for hydroxylation is 4. The first-order valence-corrected chi connectivity index (χ1v) is 25.7. The molecule has 354 valence electrons. The molecule has 9 aromatic rings. The average Bonchev–Trinajstić information content (AvgIpc) is 3.41. The Morgan fingerprint density at radius 3 is 0.986 bits per heavy atom. The molecule has 2 unspecified atom stereocenters. The molecule has 4 nitrogen and oxygen atoms in total. The minimum absolute atomic E-state index is 0.541. The van der Waals surface area contributed by atoms with Crippen LogP contribution in [-0.4, -0.2) is 7.11 Å². The summed E-state index contributed by atoms with van der Waals surface area (Å²) in [5.74, 6) is 2.00.